The SMILES string of the molecule is CCCCN(C(=O)CN1C[C@H](c2ccc3c(c2)CCO3)C(C(=O)O)[C@@H]1CC(C)(C)C=C(C)C)c1cccnc1. The van der Waals surface area contributed by atoms with E-state index in [9.17, 15) is 14.7 Å². The van der Waals surface area contributed by atoms with E-state index in [4.69, 9.17) is 4.74 Å². The van der Waals surface area contributed by atoms with Gasteiger partial charge in [-0.1, -0.05) is 51.0 Å². The maximum Gasteiger partial charge on any atom is 0.308 e. The minimum absolute atomic E-state index is 0.0198. The lowest BCUT2D eigenvalue weighted by molar-refractivity contribution is -0.143. The van der Waals surface area contributed by atoms with Crippen molar-refractivity contribution in [2.75, 3.05) is 31.1 Å². The minimum atomic E-state index is -0.806. The maximum atomic E-state index is 13.8. The molecule has 0 saturated carbocycles. The number of carbonyl (C=O) groups excluding carboxylic acids is 1. The number of hydrogen-bond donors (Lipinski definition) is 1. The van der Waals surface area contributed by atoms with Crippen LogP contribution in [0.3, 0.4) is 0 Å². The number of hydrogen-bond acceptors (Lipinski definition) is 5. The van der Waals surface area contributed by atoms with Crippen molar-refractivity contribution in [1.82, 2.24) is 9.88 Å². The Bertz CT molecular complexity index is 1190. The number of anilines is 1. The molecular formula is C32H43N3O4. The van der Waals surface area contributed by atoms with E-state index >= 15 is 0 Å². The highest BCUT2D eigenvalue weighted by molar-refractivity contribution is 5.94. The highest BCUT2D eigenvalue weighted by atomic mass is 16.5. The summed E-state index contributed by atoms with van der Waals surface area (Å²) in [6, 6.07) is 9.58. The van der Waals surface area contributed by atoms with E-state index in [0.717, 1.165) is 41.8 Å². The molecule has 1 aromatic heterocycles. The van der Waals surface area contributed by atoms with Gasteiger partial charge in [0.1, 0.15) is 5.75 Å². The Morgan fingerprint density at radius 2 is 2.05 bits per heavy atom. The van der Waals surface area contributed by atoms with E-state index in [2.05, 4.69) is 56.6 Å². The molecule has 39 heavy (non-hydrogen) atoms. The lowest BCUT2D eigenvalue weighted by Crippen LogP contribution is -2.45. The first-order valence-electron chi connectivity index (χ1n) is 14.2. The zero-order valence-electron chi connectivity index (χ0n) is 24.0. The van der Waals surface area contributed by atoms with Crippen molar-refractivity contribution in [2.24, 2.45) is 11.3 Å². The van der Waals surface area contributed by atoms with E-state index < -0.39 is 11.9 Å². The molecule has 7 nitrogen and oxygen atoms in total. The molecule has 2 aliphatic heterocycles. The summed E-state index contributed by atoms with van der Waals surface area (Å²) in [5.74, 6) is -0.768. The van der Waals surface area contributed by atoms with E-state index in [1.165, 1.54) is 5.57 Å². The van der Waals surface area contributed by atoms with Gasteiger partial charge in [-0.25, -0.2) is 0 Å². The molecule has 210 valence electrons. The van der Waals surface area contributed by atoms with Crippen molar-refractivity contribution >= 4 is 17.6 Å². The van der Waals surface area contributed by atoms with E-state index in [0.29, 0.717) is 26.1 Å². The number of nitrogens with zero attached hydrogens (tertiary/aromatic N) is 3. The number of ether oxygens (including phenoxy) is 1. The summed E-state index contributed by atoms with van der Waals surface area (Å²) in [6.45, 7) is 12.5. The van der Waals surface area contributed by atoms with Crippen molar-refractivity contribution < 1.29 is 19.4 Å². The summed E-state index contributed by atoms with van der Waals surface area (Å²) in [5.41, 5.74) is 3.91. The van der Waals surface area contributed by atoms with Crippen LogP contribution in [-0.2, 0) is 16.0 Å². The van der Waals surface area contributed by atoms with Crippen LogP contribution in [0.5, 0.6) is 5.75 Å². The quantitative estimate of drug-likeness (QED) is 0.373. The molecule has 1 unspecified atom stereocenters. The summed E-state index contributed by atoms with van der Waals surface area (Å²) in [4.78, 5) is 34.9. The van der Waals surface area contributed by atoms with E-state index in [-0.39, 0.29) is 29.8 Å². The maximum absolute atomic E-state index is 13.8. The number of aromatic nitrogens is 1. The second kappa shape index (κ2) is 12.3. The Morgan fingerprint density at radius 1 is 1.26 bits per heavy atom. The number of carboxylic acids is 1. The third kappa shape index (κ3) is 6.88. The third-order valence-electron chi connectivity index (χ3n) is 7.92. The van der Waals surface area contributed by atoms with Crippen molar-refractivity contribution in [3.05, 3.63) is 65.5 Å². The summed E-state index contributed by atoms with van der Waals surface area (Å²) in [7, 11) is 0. The molecule has 1 saturated heterocycles. The fourth-order valence-corrected chi connectivity index (χ4v) is 6.39. The van der Waals surface area contributed by atoms with Crippen LogP contribution < -0.4 is 9.64 Å². The van der Waals surface area contributed by atoms with Gasteiger partial charge in [0.25, 0.3) is 0 Å². The first-order chi connectivity index (χ1) is 18.6. The average Bonchev–Trinajstić information content (AvgIpc) is 3.48. The van der Waals surface area contributed by atoms with Crippen LogP contribution in [0.4, 0.5) is 5.69 Å². The molecule has 3 heterocycles. The number of fused-ring (bicyclic) bond motifs is 1. The molecule has 1 fully saturated rings. The molecule has 1 N–H and O–H groups in total. The number of aliphatic carboxylic acids is 1. The second-order valence-electron chi connectivity index (χ2n) is 12.0. The smallest absolute Gasteiger partial charge is 0.308 e. The van der Waals surface area contributed by atoms with Gasteiger partial charge < -0.3 is 14.7 Å². The number of benzene rings is 1. The Kier molecular flexibility index (Phi) is 9.11. The molecule has 2 aliphatic rings. The molecule has 0 aliphatic carbocycles. The first-order valence-corrected chi connectivity index (χ1v) is 14.2. The van der Waals surface area contributed by atoms with Crippen molar-refractivity contribution in [2.45, 2.75) is 72.3 Å². The molecule has 2 aromatic rings. The fraction of sp³-hybridized carbons (Fsp3) is 0.531. The number of pyridine rings is 1. The topological polar surface area (TPSA) is 83.0 Å². The Morgan fingerprint density at radius 3 is 2.72 bits per heavy atom. The zero-order chi connectivity index (χ0) is 28.2. The van der Waals surface area contributed by atoms with Gasteiger partial charge in [0.15, 0.2) is 0 Å². The highest BCUT2D eigenvalue weighted by Gasteiger charge is 2.48. The van der Waals surface area contributed by atoms with Crippen LogP contribution in [-0.4, -0.2) is 59.1 Å². The number of amides is 1. The molecule has 7 heteroatoms. The minimum Gasteiger partial charge on any atom is -0.493 e. The molecule has 4 rings (SSSR count). The van der Waals surface area contributed by atoms with Crippen LogP contribution in [0.15, 0.2) is 54.4 Å². The van der Waals surface area contributed by atoms with Gasteiger partial charge in [0.05, 0.1) is 31.0 Å². The average molecular weight is 534 g/mol. The predicted molar refractivity (Wildman–Crippen MR) is 154 cm³/mol. The first kappa shape index (κ1) is 28.8. The zero-order valence-corrected chi connectivity index (χ0v) is 24.0. The summed E-state index contributed by atoms with van der Waals surface area (Å²) in [6.07, 6.45) is 8.99. The number of allylic oxidation sites excluding steroid dienone is 2. The van der Waals surface area contributed by atoms with Crippen LogP contribution in [0.1, 0.15) is 70.9 Å². The standard InChI is InChI=1S/C32H43N3O4/c1-6-7-14-35(25-9-8-13-33-19-25)29(36)21-34-20-26(23-10-11-28-24(16-23)12-15-39-28)30(31(37)38)27(34)18-32(4,5)17-22(2)3/h8-11,13,16-17,19,26-27,30H,6-7,12,14-15,18,20-21H2,1-5H3,(H,37,38)/t26-,27+,30?/m1/s1. The largest absolute Gasteiger partial charge is 0.493 e. The predicted octanol–water partition coefficient (Wildman–Crippen LogP) is 5.70. The number of rotatable bonds is 11. The van der Waals surface area contributed by atoms with Gasteiger partial charge in [0, 0.05) is 37.7 Å². The number of unbranched alkanes of at least 4 members (excludes halogenated alkanes) is 1. The van der Waals surface area contributed by atoms with Crippen LogP contribution >= 0.6 is 0 Å². The van der Waals surface area contributed by atoms with Gasteiger partial charge in [-0.3, -0.25) is 19.5 Å². The normalized spacial score (nSPS) is 20.8. The molecule has 0 spiro atoms. The summed E-state index contributed by atoms with van der Waals surface area (Å²) in [5, 5.41) is 10.6. The fourth-order valence-electron chi connectivity index (χ4n) is 6.39. The lowest BCUT2D eigenvalue weighted by atomic mass is 9.77. The van der Waals surface area contributed by atoms with Crippen molar-refractivity contribution in [3.8, 4) is 5.75 Å². The van der Waals surface area contributed by atoms with Crippen LogP contribution in [0.2, 0.25) is 0 Å². The van der Waals surface area contributed by atoms with Gasteiger partial charge in [-0.15, -0.1) is 0 Å². The lowest BCUT2D eigenvalue weighted by Gasteiger charge is -2.34. The Balaban J connectivity index is 1.68. The Labute approximate surface area is 232 Å². The van der Waals surface area contributed by atoms with Gasteiger partial charge in [0.2, 0.25) is 5.91 Å². The van der Waals surface area contributed by atoms with Crippen molar-refractivity contribution in [1.29, 1.82) is 0 Å². The molecular weight excluding hydrogens is 490 g/mol. The molecule has 1 amide bonds. The highest BCUT2D eigenvalue weighted by Crippen LogP contribution is 2.44. The molecule has 0 bridgehead atoms. The summed E-state index contributed by atoms with van der Waals surface area (Å²) >= 11 is 0. The van der Waals surface area contributed by atoms with Gasteiger partial charge in [-0.2, -0.15) is 0 Å². The monoisotopic (exact) mass is 533 g/mol. The number of likely N-dealkylation sites (tertiary alicyclic amines) is 1. The van der Waals surface area contributed by atoms with Crippen LogP contribution in [0.25, 0.3) is 0 Å². The van der Waals surface area contributed by atoms with Gasteiger partial charge >= 0.3 is 5.97 Å². The van der Waals surface area contributed by atoms with E-state index in [1.54, 1.807) is 12.4 Å². The molecule has 0 radical (unpaired) electrons. The summed E-state index contributed by atoms with van der Waals surface area (Å²) < 4.78 is 5.70. The third-order valence-corrected chi connectivity index (χ3v) is 7.92. The molecule has 3 atom stereocenters. The van der Waals surface area contributed by atoms with E-state index in [1.807, 2.05) is 29.2 Å². The number of carboxylic acid groups (broad SMARTS) is 1. The van der Waals surface area contributed by atoms with Crippen LogP contribution in [0, 0.1) is 11.3 Å². The molecule has 1 aromatic carbocycles. The van der Waals surface area contributed by atoms with Crippen molar-refractivity contribution in [3.63, 3.8) is 0 Å². The number of carbonyl (C=O) groups is 2. The van der Waals surface area contributed by atoms with Gasteiger partial charge in [-0.05, 0) is 61.4 Å². The second-order valence-corrected chi connectivity index (χ2v) is 12.0. The Hall–Kier alpha value is -3.19.